The van der Waals surface area contributed by atoms with Crippen LogP contribution in [0.4, 0.5) is 0 Å². The maximum Gasteiger partial charge on any atom is 0.252 e. The SMILES string of the molecule is Cc1ccc(C(=O)NC(C)C(=O)NC2CC2)cc1O. The van der Waals surface area contributed by atoms with Gasteiger partial charge in [0.25, 0.3) is 5.91 Å². The lowest BCUT2D eigenvalue weighted by Crippen LogP contribution is -2.45. The molecule has 1 aliphatic carbocycles. The molecular formula is C14H18N2O3. The van der Waals surface area contributed by atoms with Gasteiger partial charge in [0, 0.05) is 11.6 Å². The van der Waals surface area contributed by atoms with E-state index in [1.54, 1.807) is 26.0 Å². The number of rotatable bonds is 4. The first kappa shape index (κ1) is 13.4. The van der Waals surface area contributed by atoms with Gasteiger partial charge in [0.05, 0.1) is 0 Å². The highest BCUT2D eigenvalue weighted by Gasteiger charge is 2.26. The lowest BCUT2D eigenvalue weighted by Gasteiger charge is -2.14. The van der Waals surface area contributed by atoms with Gasteiger partial charge in [-0.2, -0.15) is 0 Å². The predicted molar refractivity (Wildman–Crippen MR) is 70.9 cm³/mol. The summed E-state index contributed by atoms with van der Waals surface area (Å²) in [4.78, 5) is 23.6. The zero-order chi connectivity index (χ0) is 14.0. The molecule has 0 saturated heterocycles. The Labute approximate surface area is 112 Å². The van der Waals surface area contributed by atoms with E-state index in [0.29, 0.717) is 11.1 Å². The Balaban J connectivity index is 1.95. The molecule has 3 N–H and O–H groups in total. The van der Waals surface area contributed by atoms with Crippen molar-refractivity contribution in [2.24, 2.45) is 0 Å². The maximum atomic E-state index is 11.9. The largest absolute Gasteiger partial charge is 0.508 e. The van der Waals surface area contributed by atoms with Crippen molar-refractivity contribution in [3.63, 3.8) is 0 Å². The first-order valence-corrected chi connectivity index (χ1v) is 6.38. The second-order valence-corrected chi connectivity index (χ2v) is 4.98. The van der Waals surface area contributed by atoms with Crippen molar-refractivity contribution in [1.29, 1.82) is 0 Å². The van der Waals surface area contributed by atoms with Crippen molar-refractivity contribution in [1.82, 2.24) is 10.6 Å². The topological polar surface area (TPSA) is 78.4 Å². The van der Waals surface area contributed by atoms with E-state index in [2.05, 4.69) is 10.6 Å². The molecule has 2 amide bonds. The molecule has 0 spiro atoms. The van der Waals surface area contributed by atoms with Gasteiger partial charge < -0.3 is 15.7 Å². The molecule has 5 heteroatoms. The average molecular weight is 262 g/mol. The average Bonchev–Trinajstić information content (AvgIpc) is 3.16. The number of amides is 2. The van der Waals surface area contributed by atoms with Gasteiger partial charge in [-0.1, -0.05) is 6.07 Å². The van der Waals surface area contributed by atoms with Crippen LogP contribution in [0.25, 0.3) is 0 Å². The van der Waals surface area contributed by atoms with E-state index in [1.165, 1.54) is 6.07 Å². The molecule has 19 heavy (non-hydrogen) atoms. The number of carbonyl (C=O) groups excluding carboxylic acids is 2. The van der Waals surface area contributed by atoms with E-state index in [0.717, 1.165) is 12.8 Å². The molecule has 5 nitrogen and oxygen atoms in total. The van der Waals surface area contributed by atoms with E-state index in [9.17, 15) is 14.7 Å². The Morgan fingerprint density at radius 1 is 1.37 bits per heavy atom. The predicted octanol–water partition coefficient (Wildman–Crippen LogP) is 1.10. The number of phenols is 1. The summed E-state index contributed by atoms with van der Waals surface area (Å²) in [6, 6.07) is 4.37. The number of aromatic hydroxyl groups is 1. The molecule has 1 fully saturated rings. The van der Waals surface area contributed by atoms with E-state index in [1.807, 2.05) is 0 Å². The summed E-state index contributed by atoms with van der Waals surface area (Å²) in [6.45, 7) is 3.40. The van der Waals surface area contributed by atoms with Gasteiger partial charge in [-0.25, -0.2) is 0 Å². The van der Waals surface area contributed by atoms with Crippen LogP contribution in [0.1, 0.15) is 35.7 Å². The van der Waals surface area contributed by atoms with Gasteiger partial charge >= 0.3 is 0 Å². The Kier molecular flexibility index (Phi) is 3.74. The van der Waals surface area contributed by atoms with Crippen molar-refractivity contribution in [2.45, 2.75) is 38.8 Å². The quantitative estimate of drug-likeness (QED) is 0.760. The molecule has 0 aromatic heterocycles. The summed E-state index contributed by atoms with van der Waals surface area (Å²) in [5.74, 6) is -0.469. The molecule has 1 aromatic carbocycles. The van der Waals surface area contributed by atoms with Gasteiger partial charge in [-0.3, -0.25) is 9.59 Å². The summed E-state index contributed by atoms with van der Waals surface area (Å²) in [5, 5.41) is 15.0. The monoisotopic (exact) mass is 262 g/mol. The van der Waals surface area contributed by atoms with Gasteiger partial charge in [-0.15, -0.1) is 0 Å². The molecule has 102 valence electrons. The van der Waals surface area contributed by atoms with Crippen LogP contribution in [0.3, 0.4) is 0 Å². The van der Waals surface area contributed by atoms with Gasteiger partial charge in [0.15, 0.2) is 0 Å². The highest BCUT2D eigenvalue weighted by molar-refractivity contribution is 5.97. The Morgan fingerprint density at radius 3 is 2.63 bits per heavy atom. The van der Waals surface area contributed by atoms with E-state index in [-0.39, 0.29) is 23.6 Å². The fourth-order valence-corrected chi connectivity index (χ4v) is 1.65. The van der Waals surface area contributed by atoms with Crippen molar-refractivity contribution < 1.29 is 14.7 Å². The highest BCUT2D eigenvalue weighted by atomic mass is 16.3. The number of aryl methyl sites for hydroxylation is 1. The van der Waals surface area contributed by atoms with Crippen LogP contribution in [0.5, 0.6) is 5.75 Å². The van der Waals surface area contributed by atoms with Gasteiger partial charge in [-0.05, 0) is 44.4 Å². The first-order valence-electron chi connectivity index (χ1n) is 6.38. The first-order chi connectivity index (χ1) is 8.97. The number of carbonyl (C=O) groups is 2. The normalized spacial score (nSPS) is 15.7. The smallest absolute Gasteiger partial charge is 0.252 e. The van der Waals surface area contributed by atoms with Crippen molar-refractivity contribution in [3.05, 3.63) is 29.3 Å². The van der Waals surface area contributed by atoms with Crippen molar-refractivity contribution in [2.75, 3.05) is 0 Å². The fraction of sp³-hybridized carbons (Fsp3) is 0.429. The van der Waals surface area contributed by atoms with Crippen LogP contribution >= 0.6 is 0 Å². The van der Waals surface area contributed by atoms with Crippen LogP contribution in [0.15, 0.2) is 18.2 Å². The molecule has 0 heterocycles. The number of benzene rings is 1. The molecule has 1 aromatic rings. The lowest BCUT2D eigenvalue weighted by molar-refractivity contribution is -0.122. The number of hydrogen-bond donors (Lipinski definition) is 3. The maximum absolute atomic E-state index is 11.9. The van der Waals surface area contributed by atoms with Crippen LogP contribution < -0.4 is 10.6 Å². The van der Waals surface area contributed by atoms with Crippen LogP contribution in [-0.4, -0.2) is 29.0 Å². The molecule has 2 rings (SSSR count). The third kappa shape index (κ3) is 3.47. The Hall–Kier alpha value is -2.04. The molecular weight excluding hydrogens is 244 g/mol. The van der Waals surface area contributed by atoms with Crippen LogP contribution in [-0.2, 0) is 4.79 Å². The van der Waals surface area contributed by atoms with E-state index < -0.39 is 6.04 Å². The number of nitrogens with one attached hydrogen (secondary N) is 2. The highest BCUT2D eigenvalue weighted by Crippen LogP contribution is 2.19. The van der Waals surface area contributed by atoms with Crippen molar-refractivity contribution >= 4 is 11.8 Å². The van der Waals surface area contributed by atoms with Crippen molar-refractivity contribution in [3.8, 4) is 5.75 Å². The summed E-state index contributed by atoms with van der Waals surface area (Å²) in [5.41, 5.74) is 1.05. The Morgan fingerprint density at radius 2 is 2.05 bits per heavy atom. The van der Waals surface area contributed by atoms with E-state index in [4.69, 9.17) is 0 Å². The minimum atomic E-state index is -0.587. The van der Waals surface area contributed by atoms with E-state index >= 15 is 0 Å². The van der Waals surface area contributed by atoms with Gasteiger partial charge in [0.1, 0.15) is 11.8 Å². The number of hydrogen-bond acceptors (Lipinski definition) is 3. The summed E-state index contributed by atoms with van der Waals surface area (Å²) >= 11 is 0. The fourth-order valence-electron chi connectivity index (χ4n) is 1.65. The summed E-state index contributed by atoms with van der Waals surface area (Å²) in [7, 11) is 0. The summed E-state index contributed by atoms with van der Waals surface area (Å²) in [6.07, 6.45) is 2.02. The molecule has 1 aliphatic rings. The zero-order valence-corrected chi connectivity index (χ0v) is 11.1. The second kappa shape index (κ2) is 5.30. The van der Waals surface area contributed by atoms with Gasteiger partial charge in [0.2, 0.25) is 5.91 Å². The molecule has 1 unspecified atom stereocenters. The second-order valence-electron chi connectivity index (χ2n) is 4.98. The Bertz CT molecular complexity index is 509. The molecule has 1 atom stereocenters. The minimum absolute atomic E-state index is 0.0720. The molecule has 0 radical (unpaired) electrons. The zero-order valence-electron chi connectivity index (χ0n) is 11.1. The summed E-state index contributed by atoms with van der Waals surface area (Å²) < 4.78 is 0. The standard InChI is InChI=1S/C14H18N2O3/c1-8-3-4-10(7-12(8)17)14(19)15-9(2)13(18)16-11-5-6-11/h3-4,7,9,11,17H,5-6H2,1-2H3,(H,15,19)(H,16,18). The van der Waals surface area contributed by atoms with Crippen LogP contribution in [0, 0.1) is 6.92 Å². The third-order valence-corrected chi connectivity index (χ3v) is 3.14. The number of phenolic OH excluding ortho intramolecular Hbond substituents is 1. The lowest BCUT2D eigenvalue weighted by atomic mass is 10.1. The third-order valence-electron chi connectivity index (χ3n) is 3.14. The van der Waals surface area contributed by atoms with Crippen LogP contribution in [0.2, 0.25) is 0 Å². The molecule has 0 bridgehead atoms. The minimum Gasteiger partial charge on any atom is -0.508 e. The molecule has 0 aliphatic heterocycles. The molecule has 1 saturated carbocycles.